The third-order valence-corrected chi connectivity index (χ3v) is 1.60. The molecule has 1 aromatic carbocycles. The molecule has 0 aliphatic carbocycles. The average molecular weight is 191 g/mol. The number of hydrogen-bond donors (Lipinski definition) is 1. The summed E-state index contributed by atoms with van der Waals surface area (Å²) in [6, 6.07) is 9.99. The Morgan fingerprint density at radius 2 is 2.00 bits per heavy atom. The number of oxime groups is 1. The Balaban J connectivity index is 2.21. The summed E-state index contributed by atoms with van der Waals surface area (Å²) in [6.45, 7) is 0.844. The molecule has 0 amide bonds. The van der Waals surface area contributed by atoms with Crippen molar-refractivity contribution in [1.82, 2.24) is 0 Å². The van der Waals surface area contributed by atoms with Crippen molar-refractivity contribution in [2.24, 2.45) is 5.16 Å². The summed E-state index contributed by atoms with van der Waals surface area (Å²) in [5, 5.41) is 10.9. The fourth-order valence-corrected chi connectivity index (χ4v) is 0.970. The predicted octanol–water partition coefficient (Wildman–Crippen LogP) is 2.18. The fraction of sp³-hybridized carbons (Fsp3) is 0.182. The quantitative estimate of drug-likeness (QED) is 0.335. The van der Waals surface area contributed by atoms with Crippen molar-refractivity contribution in [3.05, 3.63) is 42.0 Å². The molecule has 0 aliphatic rings. The monoisotopic (exact) mass is 191 g/mol. The summed E-state index contributed by atoms with van der Waals surface area (Å²) >= 11 is 0. The highest BCUT2D eigenvalue weighted by Gasteiger charge is 1.82. The minimum Gasteiger partial charge on any atom is -0.411 e. The minimum atomic E-state index is 0.329. The smallest absolute Gasteiger partial charge is 0.0856 e. The van der Waals surface area contributed by atoms with E-state index in [1.54, 1.807) is 0 Å². The Labute approximate surface area is 83.3 Å². The molecule has 0 aliphatic heterocycles. The predicted molar refractivity (Wildman–Crippen MR) is 56.6 cm³/mol. The number of nitrogens with zero attached hydrogens (tertiary/aromatic N) is 1. The molecule has 0 atom stereocenters. The molecule has 0 bridgehead atoms. The Kier molecular flexibility index (Phi) is 5.13. The standard InChI is InChI=1S/C11H13NO2/c13-12-8-10-14-9-4-7-11-5-2-1-3-6-11/h1-8,13H,9-10H2/b7-4-,12-8+. The van der Waals surface area contributed by atoms with Gasteiger partial charge in [0.25, 0.3) is 0 Å². The average Bonchev–Trinajstić information content (AvgIpc) is 2.25. The van der Waals surface area contributed by atoms with E-state index < -0.39 is 0 Å². The van der Waals surface area contributed by atoms with Crippen LogP contribution in [0.25, 0.3) is 6.08 Å². The molecule has 3 nitrogen and oxygen atoms in total. The van der Waals surface area contributed by atoms with E-state index in [0.717, 1.165) is 5.56 Å². The van der Waals surface area contributed by atoms with Crippen molar-refractivity contribution in [3.63, 3.8) is 0 Å². The van der Waals surface area contributed by atoms with Gasteiger partial charge in [0, 0.05) is 0 Å². The lowest BCUT2D eigenvalue weighted by atomic mass is 10.2. The van der Waals surface area contributed by atoms with Crippen LogP contribution in [0.1, 0.15) is 5.56 Å². The molecular weight excluding hydrogens is 178 g/mol. The zero-order chi connectivity index (χ0) is 10.1. The van der Waals surface area contributed by atoms with E-state index in [-0.39, 0.29) is 0 Å². The van der Waals surface area contributed by atoms with Gasteiger partial charge in [0.2, 0.25) is 0 Å². The van der Waals surface area contributed by atoms with Crippen LogP contribution in [0.3, 0.4) is 0 Å². The van der Waals surface area contributed by atoms with Gasteiger partial charge in [-0.2, -0.15) is 0 Å². The van der Waals surface area contributed by atoms with E-state index in [0.29, 0.717) is 13.2 Å². The molecule has 0 radical (unpaired) electrons. The molecule has 0 unspecified atom stereocenters. The summed E-state index contributed by atoms with van der Waals surface area (Å²) in [7, 11) is 0. The lowest BCUT2D eigenvalue weighted by Crippen LogP contribution is -1.94. The molecule has 0 fully saturated rings. The van der Waals surface area contributed by atoms with Crippen molar-refractivity contribution >= 4 is 12.3 Å². The van der Waals surface area contributed by atoms with Gasteiger partial charge in [0.1, 0.15) is 0 Å². The molecule has 0 spiro atoms. The molecule has 0 saturated heterocycles. The Bertz CT molecular complexity index is 293. The van der Waals surface area contributed by atoms with Gasteiger partial charge in [0.15, 0.2) is 0 Å². The molecule has 1 N–H and O–H groups in total. The van der Waals surface area contributed by atoms with Crippen LogP contribution < -0.4 is 0 Å². The number of hydrogen-bond acceptors (Lipinski definition) is 3. The molecule has 0 aromatic heterocycles. The van der Waals surface area contributed by atoms with Crippen LogP contribution in [0.15, 0.2) is 41.6 Å². The topological polar surface area (TPSA) is 41.8 Å². The molecule has 14 heavy (non-hydrogen) atoms. The van der Waals surface area contributed by atoms with Crippen LogP contribution in [0.2, 0.25) is 0 Å². The van der Waals surface area contributed by atoms with E-state index >= 15 is 0 Å². The van der Waals surface area contributed by atoms with Gasteiger partial charge >= 0.3 is 0 Å². The SMILES string of the molecule is O/N=C/COC/C=C\c1ccccc1. The third kappa shape index (κ3) is 4.42. The maximum Gasteiger partial charge on any atom is 0.0856 e. The second-order valence-electron chi connectivity index (χ2n) is 2.65. The van der Waals surface area contributed by atoms with Gasteiger partial charge in [-0.3, -0.25) is 0 Å². The lowest BCUT2D eigenvalue weighted by Gasteiger charge is -1.94. The highest BCUT2D eigenvalue weighted by atomic mass is 16.5. The second kappa shape index (κ2) is 6.86. The van der Waals surface area contributed by atoms with Gasteiger partial charge in [-0.1, -0.05) is 47.6 Å². The van der Waals surface area contributed by atoms with Crippen molar-refractivity contribution in [2.45, 2.75) is 0 Å². The van der Waals surface area contributed by atoms with Crippen LogP contribution in [-0.4, -0.2) is 24.6 Å². The zero-order valence-electron chi connectivity index (χ0n) is 7.84. The maximum atomic E-state index is 8.07. The van der Waals surface area contributed by atoms with Crippen molar-refractivity contribution < 1.29 is 9.94 Å². The van der Waals surface area contributed by atoms with Crippen LogP contribution in [0, 0.1) is 0 Å². The van der Waals surface area contributed by atoms with Crippen molar-refractivity contribution in [2.75, 3.05) is 13.2 Å². The highest BCUT2D eigenvalue weighted by Crippen LogP contribution is 2.00. The Morgan fingerprint density at radius 3 is 2.71 bits per heavy atom. The molecule has 0 saturated carbocycles. The van der Waals surface area contributed by atoms with Crippen LogP contribution in [-0.2, 0) is 4.74 Å². The van der Waals surface area contributed by atoms with Crippen molar-refractivity contribution in [3.8, 4) is 0 Å². The third-order valence-electron chi connectivity index (χ3n) is 1.60. The molecule has 3 heteroatoms. The van der Waals surface area contributed by atoms with E-state index in [1.807, 2.05) is 42.5 Å². The number of benzene rings is 1. The first-order valence-corrected chi connectivity index (χ1v) is 4.38. The number of rotatable bonds is 5. The summed E-state index contributed by atoms with van der Waals surface area (Å²) < 4.78 is 5.10. The fourth-order valence-electron chi connectivity index (χ4n) is 0.970. The minimum absolute atomic E-state index is 0.329. The molecule has 1 aromatic rings. The van der Waals surface area contributed by atoms with Gasteiger partial charge in [-0.15, -0.1) is 0 Å². The highest BCUT2D eigenvalue weighted by molar-refractivity contribution is 5.57. The zero-order valence-corrected chi connectivity index (χ0v) is 7.84. The van der Waals surface area contributed by atoms with E-state index in [2.05, 4.69) is 5.16 Å². The van der Waals surface area contributed by atoms with Crippen LogP contribution in [0.5, 0.6) is 0 Å². The summed E-state index contributed by atoms with van der Waals surface area (Å²) in [5.41, 5.74) is 1.15. The Morgan fingerprint density at radius 1 is 1.21 bits per heavy atom. The van der Waals surface area contributed by atoms with Gasteiger partial charge in [-0.05, 0) is 5.56 Å². The summed E-state index contributed by atoms with van der Waals surface area (Å²) in [6.07, 6.45) is 5.20. The van der Waals surface area contributed by atoms with Gasteiger partial charge < -0.3 is 9.94 Å². The van der Waals surface area contributed by atoms with Crippen LogP contribution >= 0.6 is 0 Å². The first kappa shape index (κ1) is 10.5. The summed E-state index contributed by atoms with van der Waals surface area (Å²) in [4.78, 5) is 0. The Hall–Kier alpha value is -1.61. The van der Waals surface area contributed by atoms with Crippen molar-refractivity contribution in [1.29, 1.82) is 0 Å². The first-order chi connectivity index (χ1) is 6.93. The lowest BCUT2D eigenvalue weighted by molar-refractivity contribution is 0.203. The second-order valence-corrected chi connectivity index (χ2v) is 2.65. The molecular formula is C11H13NO2. The summed E-state index contributed by atoms with van der Waals surface area (Å²) in [5.74, 6) is 0. The molecule has 74 valence electrons. The largest absolute Gasteiger partial charge is 0.411 e. The van der Waals surface area contributed by atoms with E-state index in [1.165, 1.54) is 6.21 Å². The van der Waals surface area contributed by atoms with E-state index in [9.17, 15) is 0 Å². The number of ether oxygens (including phenoxy) is 1. The maximum absolute atomic E-state index is 8.07. The van der Waals surface area contributed by atoms with Gasteiger partial charge in [0.05, 0.1) is 19.4 Å². The first-order valence-electron chi connectivity index (χ1n) is 4.38. The van der Waals surface area contributed by atoms with E-state index in [4.69, 9.17) is 9.94 Å². The molecule has 1 rings (SSSR count). The normalized spacial score (nSPS) is 11.4. The van der Waals surface area contributed by atoms with Gasteiger partial charge in [-0.25, -0.2) is 0 Å². The molecule has 0 heterocycles. The van der Waals surface area contributed by atoms with Crippen LogP contribution in [0.4, 0.5) is 0 Å².